The molecule has 0 saturated heterocycles. The van der Waals surface area contributed by atoms with Crippen LogP contribution < -0.4 is 10.6 Å². The summed E-state index contributed by atoms with van der Waals surface area (Å²) in [5, 5.41) is 0. The molecule has 1 aliphatic carbocycles. The zero-order valence-corrected chi connectivity index (χ0v) is 12.0. The number of nitrogens with zero attached hydrogens (tertiary/aromatic N) is 1. The highest BCUT2D eigenvalue weighted by Gasteiger charge is 2.30. The number of anilines is 1. The van der Waals surface area contributed by atoms with Crippen LogP contribution in [0.15, 0.2) is 24.3 Å². The van der Waals surface area contributed by atoms with Crippen molar-refractivity contribution in [3.8, 4) is 0 Å². The third-order valence-corrected chi connectivity index (χ3v) is 3.63. The first kappa shape index (κ1) is 13.3. The Balaban J connectivity index is 2.22. The SMILES string of the molecule is CC(C)CCN(c1ccccc1C(N)=S)C1CC1. The average molecular weight is 262 g/mol. The lowest BCUT2D eigenvalue weighted by Crippen LogP contribution is -2.30. The summed E-state index contributed by atoms with van der Waals surface area (Å²) in [5.41, 5.74) is 8.07. The molecule has 0 spiro atoms. The Hall–Kier alpha value is -1.09. The Kier molecular flexibility index (Phi) is 4.23. The van der Waals surface area contributed by atoms with Crippen molar-refractivity contribution in [2.45, 2.75) is 39.2 Å². The van der Waals surface area contributed by atoms with E-state index in [0.29, 0.717) is 11.0 Å². The number of hydrogen-bond donors (Lipinski definition) is 1. The lowest BCUT2D eigenvalue weighted by atomic mass is 10.1. The zero-order chi connectivity index (χ0) is 13.1. The Morgan fingerprint density at radius 2 is 2.06 bits per heavy atom. The minimum absolute atomic E-state index is 0.501. The van der Waals surface area contributed by atoms with Crippen LogP contribution in [0.4, 0.5) is 5.69 Å². The normalized spacial score (nSPS) is 14.8. The summed E-state index contributed by atoms with van der Waals surface area (Å²) < 4.78 is 0. The average Bonchev–Trinajstić information content (AvgIpc) is 3.14. The zero-order valence-electron chi connectivity index (χ0n) is 11.2. The lowest BCUT2D eigenvalue weighted by molar-refractivity contribution is 0.570. The predicted octanol–water partition coefficient (Wildman–Crippen LogP) is 3.34. The van der Waals surface area contributed by atoms with Gasteiger partial charge in [0.1, 0.15) is 4.99 Å². The highest BCUT2D eigenvalue weighted by atomic mass is 32.1. The summed E-state index contributed by atoms with van der Waals surface area (Å²) in [6.07, 6.45) is 3.80. The van der Waals surface area contributed by atoms with Gasteiger partial charge in [-0.3, -0.25) is 0 Å². The molecule has 2 nitrogen and oxygen atoms in total. The highest BCUT2D eigenvalue weighted by Crippen LogP contribution is 2.34. The van der Waals surface area contributed by atoms with Crippen molar-refractivity contribution in [3.63, 3.8) is 0 Å². The van der Waals surface area contributed by atoms with Crippen LogP contribution in [-0.2, 0) is 0 Å². The van der Waals surface area contributed by atoms with Crippen molar-refractivity contribution >= 4 is 22.9 Å². The van der Waals surface area contributed by atoms with Gasteiger partial charge in [-0.15, -0.1) is 0 Å². The van der Waals surface area contributed by atoms with Gasteiger partial charge in [0.15, 0.2) is 0 Å². The van der Waals surface area contributed by atoms with E-state index in [2.05, 4.69) is 30.9 Å². The standard InChI is InChI=1S/C15H22N2S/c1-11(2)9-10-17(12-7-8-12)14-6-4-3-5-13(14)15(16)18/h3-6,11-12H,7-10H2,1-2H3,(H2,16,18). The van der Waals surface area contributed by atoms with E-state index < -0.39 is 0 Å². The number of rotatable bonds is 6. The van der Waals surface area contributed by atoms with E-state index in [1.54, 1.807) is 0 Å². The quantitative estimate of drug-likeness (QED) is 0.797. The van der Waals surface area contributed by atoms with Gasteiger partial charge in [0.2, 0.25) is 0 Å². The van der Waals surface area contributed by atoms with Gasteiger partial charge in [-0.2, -0.15) is 0 Å². The fraction of sp³-hybridized carbons (Fsp3) is 0.533. The maximum Gasteiger partial charge on any atom is 0.106 e. The molecule has 1 aromatic carbocycles. The van der Waals surface area contributed by atoms with Crippen LogP contribution in [0, 0.1) is 5.92 Å². The van der Waals surface area contributed by atoms with Crippen LogP contribution >= 0.6 is 12.2 Å². The van der Waals surface area contributed by atoms with E-state index in [1.807, 2.05) is 12.1 Å². The maximum absolute atomic E-state index is 5.83. The van der Waals surface area contributed by atoms with Gasteiger partial charge in [0, 0.05) is 23.8 Å². The summed E-state index contributed by atoms with van der Waals surface area (Å²) in [4.78, 5) is 3.00. The second kappa shape index (κ2) is 5.70. The molecule has 0 unspecified atom stereocenters. The molecule has 0 bridgehead atoms. The highest BCUT2D eigenvalue weighted by molar-refractivity contribution is 7.80. The molecular formula is C15H22N2S. The number of nitrogens with two attached hydrogens (primary N) is 1. The number of benzene rings is 1. The predicted molar refractivity (Wildman–Crippen MR) is 82.2 cm³/mol. The minimum atomic E-state index is 0.501. The summed E-state index contributed by atoms with van der Waals surface area (Å²) in [7, 11) is 0. The van der Waals surface area contributed by atoms with E-state index in [9.17, 15) is 0 Å². The van der Waals surface area contributed by atoms with Crippen LogP contribution in [0.2, 0.25) is 0 Å². The van der Waals surface area contributed by atoms with E-state index in [-0.39, 0.29) is 0 Å². The van der Waals surface area contributed by atoms with E-state index in [0.717, 1.165) is 18.0 Å². The van der Waals surface area contributed by atoms with Crippen molar-refractivity contribution in [2.75, 3.05) is 11.4 Å². The molecular weight excluding hydrogens is 240 g/mol. The topological polar surface area (TPSA) is 29.3 Å². The largest absolute Gasteiger partial charge is 0.389 e. The van der Waals surface area contributed by atoms with Gasteiger partial charge in [-0.1, -0.05) is 38.2 Å². The summed E-state index contributed by atoms with van der Waals surface area (Å²) in [6, 6.07) is 8.95. The van der Waals surface area contributed by atoms with E-state index in [4.69, 9.17) is 18.0 Å². The second-order valence-electron chi connectivity index (χ2n) is 5.49. The van der Waals surface area contributed by atoms with E-state index >= 15 is 0 Å². The number of hydrogen-bond acceptors (Lipinski definition) is 2. The first-order valence-corrected chi connectivity index (χ1v) is 7.16. The van der Waals surface area contributed by atoms with Gasteiger partial charge >= 0.3 is 0 Å². The van der Waals surface area contributed by atoms with Gasteiger partial charge in [-0.05, 0) is 37.3 Å². The fourth-order valence-electron chi connectivity index (χ4n) is 2.22. The maximum atomic E-state index is 5.83. The molecule has 0 radical (unpaired) electrons. The summed E-state index contributed by atoms with van der Waals surface area (Å²) in [6.45, 7) is 5.64. The second-order valence-corrected chi connectivity index (χ2v) is 5.93. The van der Waals surface area contributed by atoms with Gasteiger partial charge < -0.3 is 10.6 Å². The number of thiocarbonyl (C=S) groups is 1. The van der Waals surface area contributed by atoms with Crippen LogP contribution in [-0.4, -0.2) is 17.6 Å². The molecule has 98 valence electrons. The van der Waals surface area contributed by atoms with Crippen LogP contribution in [0.5, 0.6) is 0 Å². The Labute approximate surface area is 115 Å². The number of para-hydroxylation sites is 1. The molecule has 0 amide bonds. The van der Waals surface area contributed by atoms with Crippen LogP contribution in [0.3, 0.4) is 0 Å². The van der Waals surface area contributed by atoms with Crippen LogP contribution in [0.25, 0.3) is 0 Å². The molecule has 1 fully saturated rings. The molecule has 1 saturated carbocycles. The smallest absolute Gasteiger partial charge is 0.106 e. The Bertz CT molecular complexity index is 424. The summed E-state index contributed by atoms with van der Waals surface area (Å²) in [5.74, 6) is 0.725. The molecule has 2 N–H and O–H groups in total. The van der Waals surface area contributed by atoms with Gasteiger partial charge in [-0.25, -0.2) is 0 Å². The van der Waals surface area contributed by atoms with Gasteiger partial charge in [0.05, 0.1) is 0 Å². The molecule has 0 aromatic heterocycles. The Morgan fingerprint density at radius 3 is 2.61 bits per heavy atom. The monoisotopic (exact) mass is 262 g/mol. The first-order chi connectivity index (χ1) is 8.59. The third-order valence-electron chi connectivity index (χ3n) is 3.41. The van der Waals surface area contributed by atoms with Crippen molar-refractivity contribution in [2.24, 2.45) is 11.7 Å². The first-order valence-electron chi connectivity index (χ1n) is 6.75. The minimum Gasteiger partial charge on any atom is -0.389 e. The van der Waals surface area contributed by atoms with Crippen LogP contribution in [0.1, 0.15) is 38.7 Å². The molecule has 18 heavy (non-hydrogen) atoms. The third kappa shape index (κ3) is 3.22. The molecule has 0 aliphatic heterocycles. The molecule has 1 aliphatic rings. The molecule has 2 rings (SSSR count). The lowest BCUT2D eigenvalue weighted by Gasteiger charge is -2.27. The molecule has 0 heterocycles. The summed E-state index contributed by atoms with van der Waals surface area (Å²) >= 11 is 5.16. The molecule has 0 atom stereocenters. The van der Waals surface area contributed by atoms with Gasteiger partial charge in [0.25, 0.3) is 0 Å². The van der Waals surface area contributed by atoms with Crippen molar-refractivity contribution in [1.29, 1.82) is 0 Å². The fourth-order valence-corrected chi connectivity index (χ4v) is 2.39. The van der Waals surface area contributed by atoms with Crippen molar-refractivity contribution < 1.29 is 0 Å². The molecule has 3 heteroatoms. The Morgan fingerprint density at radius 1 is 1.39 bits per heavy atom. The van der Waals surface area contributed by atoms with Crippen molar-refractivity contribution in [1.82, 2.24) is 0 Å². The van der Waals surface area contributed by atoms with Crippen molar-refractivity contribution in [3.05, 3.63) is 29.8 Å². The van der Waals surface area contributed by atoms with E-state index in [1.165, 1.54) is 24.9 Å². The molecule has 1 aromatic rings.